The van der Waals surface area contributed by atoms with Crippen LogP contribution in [0.2, 0.25) is 0 Å². The van der Waals surface area contributed by atoms with Gasteiger partial charge in [0.2, 0.25) is 0 Å². The molecule has 0 spiro atoms. The summed E-state index contributed by atoms with van der Waals surface area (Å²) in [6.07, 6.45) is 3.45. The maximum Gasteiger partial charge on any atom is 0.339 e. The zero-order chi connectivity index (χ0) is 21.4. The quantitative estimate of drug-likeness (QED) is 0.674. The highest BCUT2D eigenvalue weighted by Crippen LogP contribution is 2.49. The van der Waals surface area contributed by atoms with Gasteiger partial charge in [0.15, 0.2) is 0 Å². The number of esters is 1. The number of sulfonamides is 1. The van der Waals surface area contributed by atoms with Crippen molar-refractivity contribution in [2.75, 3.05) is 6.61 Å². The molecule has 1 aliphatic heterocycles. The van der Waals surface area contributed by atoms with E-state index in [1.165, 1.54) is 16.4 Å². The Balaban J connectivity index is 1.82. The number of ether oxygens (including phenoxy) is 1. The molecule has 7 heteroatoms. The molecule has 158 valence electrons. The Hall–Kier alpha value is -2.67. The van der Waals surface area contributed by atoms with E-state index >= 15 is 0 Å². The number of amidine groups is 1. The number of aliphatic imine (C=N–C) groups is 1. The number of benzene rings is 2. The summed E-state index contributed by atoms with van der Waals surface area (Å²) in [6, 6.07) is 15.9. The fourth-order valence-electron chi connectivity index (χ4n) is 4.79. The van der Waals surface area contributed by atoms with Crippen molar-refractivity contribution in [2.45, 2.75) is 56.0 Å². The van der Waals surface area contributed by atoms with Crippen LogP contribution in [-0.4, -0.2) is 37.2 Å². The second-order valence-electron chi connectivity index (χ2n) is 7.73. The van der Waals surface area contributed by atoms with Gasteiger partial charge in [-0.25, -0.2) is 17.5 Å². The predicted molar refractivity (Wildman–Crippen MR) is 115 cm³/mol. The molecule has 0 N–H and O–H groups in total. The van der Waals surface area contributed by atoms with Crippen molar-refractivity contribution in [3.05, 3.63) is 65.7 Å². The summed E-state index contributed by atoms with van der Waals surface area (Å²) in [6.45, 7) is 3.62. The Morgan fingerprint density at radius 3 is 2.57 bits per heavy atom. The second-order valence-corrected chi connectivity index (χ2v) is 9.51. The van der Waals surface area contributed by atoms with Gasteiger partial charge in [0, 0.05) is 0 Å². The first-order chi connectivity index (χ1) is 14.4. The van der Waals surface area contributed by atoms with Crippen LogP contribution in [0.25, 0.3) is 0 Å². The van der Waals surface area contributed by atoms with Gasteiger partial charge in [0.05, 0.1) is 18.2 Å². The number of hydrogen-bond acceptors (Lipinski definition) is 5. The first kappa shape index (κ1) is 20.6. The minimum absolute atomic E-state index is 0.0348. The van der Waals surface area contributed by atoms with E-state index in [2.05, 4.69) is 0 Å². The van der Waals surface area contributed by atoms with E-state index < -0.39 is 21.5 Å². The van der Waals surface area contributed by atoms with Crippen LogP contribution in [0.4, 0.5) is 0 Å². The van der Waals surface area contributed by atoms with E-state index in [9.17, 15) is 13.2 Å². The van der Waals surface area contributed by atoms with E-state index in [1.807, 2.05) is 30.3 Å². The minimum Gasteiger partial charge on any atom is -0.462 e. The van der Waals surface area contributed by atoms with Crippen LogP contribution in [0.15, 0.2) is 64.5 Å². The van der Waals surface area contributed by atoms with Crippen LogP contribution in [0.5, 0.6) is 0 Å². The SMILES string of the molecule is CCOC(=O)c1ccccc1S(=O)(=O)N1C(C)=N[C@]2(c3ccccc3)CCCC[C@H]12. The lowest BCUT2D eigenvalue weighted by Gasteiger charge is -2.40. The normalized spacial score (nSPS) is 23.6. The van der Waals surface area contributed by atoms with Gasteiger partial charge in [0.25, 0.3) is 10.0 Å². The third kappa shape index (κ3) is 3.21. The predicted octanol–water partition coefficient (Wildman–Crippen LogP) is 4.12. The Morgan fingerprint density at radius 2 is 1.83 bits per heavy atom. The topological polar surface area (TPSA) is 76.0 Å². The fraction of sp³-hybridized carbons (Fsp3) is 0.391. The maximum absolute atomic E-state index is 13.8. The molecule has 1 aliphatic carbocycles. The molecule has 6 nitrogen and oxygen atoms in total. The summed E-state index contributed by atoms with van der Waals surface area (Å²) in [4.78, 5) is 17.3. The summed E-state index contributed by atoms with van der Waals surface area (Å²) in [5, 5.41) is 0. The van der Waals surface area contributed by atoms with Gasteiger partial charge >= 0.3 is 5.97 Å². The highest BCUT2D eigenvalue weighted by molar-refractivity contribution is 7.89. The molecular formula is C23H26N2O4S. The lowest BCUT2D eigenvalue weighted by Crippen LogP contribution is -2.49. The highest BCUT2D eigenvalue weighted by atomic mass is 32.2. The van der Waals surface area contributed by atoms with E-state index in [-0.39, 0.29) is 23.1 Å². The van der Waals surface area contributed by atoms with Gasteiger partial charge in [-0.2, -0.15) is 0 Å². The molecule has 0 unspecified atom stereocenters. The number of nitrogens with zero attached hydrogens (tertiary/aromatic N) is 2. The van der Waals surface area contributed by atoms with Gasteiger partial charge in [-0.3, -0.25) is 4.99 Å². The van der Waals surface area contributed by atoms with Gasteiger partial charge in [-0.15, -0.1) is 0 Å². The fourth-order valence-corrected chi connectivity index (χ4v) is 6.68. The Bertz CT molecular complexity index is 1080. The van der Waals surface area contributed by atoms with E-state index in [4.69, 9.17) is 9.73 Å². The first-order valence-corrected chi connectivity index (χ1v) is 11.8. The van der Waals surface area contributed by atoms with Crippen molar-refractivity contribution in [2.24, 2.45) is 4.99 Å². The molecule has 2 aliphatic rings. The van der Waals surface area contributed by atoms with Crippen molar-refractivity contribution in [3.63, 3.8) is 0 Å². The second kappa shape index (κ2) is 7.87. The summed E-state index contributed by atoms with van der Waals surface area (Å²) in [5.74, 6) is -0.173. The van der Waals surface area contributed by atoms with Crippen LogP contribution in [0, 0.1) is 0 Å². The lowest BCUT2D eigenvalue weighted by atomic mass is 9.74. The first-order valence-electron chi connectivity index (χ1n) is 10.3. The number of rotatable bonds is 5. The smallest absolute Gasteiger partial charge is 0.339 e. The largest absolute Gasteiger partial charge is 0.462 e. The summed E-state index contributed by atoms with van der Waals surface area (Å²) in [7, 11) is -4.00. The average Bonchev–Trinajstić information content (AvgIpc) is 3.08. The Kier molecular flexibility index (Phi) is 5.40. The standard InChI is InChI=1S/C23H26N2O4S/c1-3-29-22(26)19-13-7-8-14-20(19)30(27,28)25-17(2)24-23(16-10-9-15-21(23)25)18-11-5-4-6-12-18/h4-8,11-14,21H,3,9-10,15-16H2,1-2H3/t21-,23-/m0/s1. The van der Waals surface area contributed by atoms with E-state index in [1.54, 1.807) is 26.0 Å². The van der Waals surface area contributed by atoms with Gasteiger partial charge < -0.3 is 4.74 Å². The molecule has 30 heavy (non-hydrogen) atoms. The molecule has 0 aromatic heterocycles. The lowest BCUT2D eigenvalue weighted by molar-refractivity contribution is 0.0521. The van der Waals surface area contributed by atoms with Gasteiger partial charge in [-0.05, 0) is 44.4 Å². The molecule has 0 radical (unpaired) electrons. The maximum atomic E-state index is 13.8. The summed E-state index contributed by atoms with van der Waals surface area (Å²) >= 11 is 0. The minimum atomic E-state index is -4.00. The van der Waals surface area contributed by atoms with Crippen LogP contribution < -0.4 is 0 Å². The zero-order valence-electron chi connectivity index (χ0n) is 17.2. The molecule has 2 aromatic rings. The zero-order valence-corrected chi connectivity index (χ0v) is 18.1. The highest BCUT2D eigenvalue weighted by Gasteiger charge is 2.54. The molecular weight excluding hydrogens is 400 g/mol. The molecule has 1 fully saturated rings. The van der Waals surface area contributed by atoms with E-state index in [0.717, 1.165) is 31.2 Å². The number of carbonyl (C=O) groups excluding carboxylic acids is 1. The number of hydrogen-bond donors (Lipinski definition) is 0. The Morgan fingerprint density at radius 1 is 1.13 bits per heavy atom. The summed E-state index contributed by atoms with van der Waals surface area (Å²) in [5.41, 5.74) is 0.501. The molecule has 0 saturated heterocycles. The third-order valence-electron chi connectivity index (χ3n) is 5.99. The van der Waals surface area contributed by atoms with Crippen LogP contribution in [-0.2, 0) is 20.3 Å². The van der Waals surface area contributed by atoms with Crippen molar-refractivity contribution in [3.8, 4) is 0 Å². The molecule has 1 heterocycles. The Labute approximate surface area is 177 Å². The van der Waals surface area contributed by atoms with Crippen molar-refractivity contribution < 1.29 is 17.9 Å². The number of fused-ring (bicyclic) bond motifs is 1. The average molecular weight is 427 g/mol. The monoisotopic (exact) mass is 426 g/mol. The van der Waals surface area contributed by atoms with E-state index in [0.29, 0.717) is 5.84 Å². The molecule has 2 atom stereocenters. The molecule has 4 rings (SSSR count). The molecule has 2 aromatic carbocycles. The van der Waals surface area contributed by atoms with Crippen molar-refractivity contribution in [1.82, 2.24) is 4.31 Å². The van der Waals surface area contributed by atoms with Crippen molar-refractivity contribution >= 4 is 21.8 Å². The van der Waals surface area contributed by atoms with Gasteiger partial charge in [-0.1, -0.05) is 55.3 Å². The van der Waals surface area contributed by atoms with Crippen molar-refractivity contribution in [1.29, 1.82) is 0 Å². The van der Waals surface area contributed by atoms with Crippen LogP contribution in [0.3, 0.4) is 0 Å². The summed E-state index contributed by atoms with van der Waals surface area (Å²) < 4.78 is 34.2. The van der Waals surface area contributed by atoms with Crippen LogP contribution >= 0.6 is 0 Å². The van der Waals surface area contributed by atoms with Crippen LogP contribution in [0.1, 0.15) is 55.5 Å². The molecule has 1 saturated carbocycles. The van der Waals surface area contributed by atoms with Gasteiger partial charge in [0.1, 0.15) is 16.3 Å². The number of carbonyl (C=O) groups is 1. The molecule has 0 amide bonds. The third-order valence-corrected chi connectivity index (χ3v) is 7.94. The molecule has 0 bridgehead atoms.